The molecule has 0 bridgehead atoms. The minimum absolute atomic E-state index is 0.0626. The maximum Gasteiger partial charge on any atom is 0.229 e. The average Bonchev–Trinajstić information content (AvgIpc) is 2.98. The average molecular weight is 251 g/mol. The Labute approximate surface area is 106 Å². The first-order valence-electron chi connectivity index (χ1n) is 6.13. The van der Waals surface area contributed by atoms with Gasteiger partial charge in [-0.3, -0.25) is 0 Å². The van der Waals surface area contributed by atoms with Gasteiger partial charge in [-0.05, 0) is 25.7 Å². The largest absolute Gasteiger partial charge is 0.392 e. The third kappa shape index (κ3) is 2.52. The number of ether oxygens (including phenoxy) is 1. The first kappa shape index (κ1) is 13.0. The van der Waals surface area contributed by atoms with Gasteiger partial charge in [0.05, 0.1) is 25.0 Å². The molecule has 0 amide bonds. The molecule has 0 aromatic carbocycles. The lowest BCUT2D eigenvalue weighted by atomic mass is 10.0. The van der Waals surface area contributed by atoms with Crippen molar-refractivity contribution in [2.45, 2.75) is 50.2 Å². The van der Waals surface area contributed by atoms with E-state index in [4.69, 9.17) is 14.5 Å². The highest BCUT2D eigenvalue weighted by Crippen LogP contribution is 2.40. The van der Waals surface area contributed by atoms with Gasteiger partial charge >= 0.3 is 0 Å². The van der Waals surface area contributed by atoms with Crippen molar-refractivity contribution < 1.29 is 14.4 Å². The highest BCUT2D eigenvalue weighted by Gasteiger charge is 2.40. The summed E-state index contributed by atoms with van der Waals surface area (Å²) in [6.45, 7) is 0. The summed E-state index contributed by atoms with van der Waals surface area (Å²) in [5.41, 5.74) is -0.429. The van der Waals surface area contributed by atoms with E-state index in [2.05, 4.69) is 10.1 Å². The van der Waals surface area contributed by atoms with Crippen molar-refractivity contribution in [2.75, 3.05) is 7.11 Å². The molecule has 1 fully saturated rings. The summed E-state index contributed by atoms with van der Waals surface area (Å²) in [6, 6.07) is 1.90. The molecule has 1 N–H and O–H groups in total. The molecule has 1 aromatic heterocycles. The van der Waals surface area contributed by atoms with Crippen molar-refractivity contribution in [3.63, 3.8) is 0 Å². The van der Waals surface area contributed by atoms with Crippen LogP contribution < -0.4 is 0 Å². The maximum atomic E-state index is 9.52. The number of nitriles is 1. The van der Waals surface area contributed by atoms with E-state index in [1.165, 1.54) is 0 Å². The van der Waals surface area contributed by atoms with Crippen LogP contribution in [0.2, 0.25) is 0 Å². The number of aliphatic hydroxyl groups excluding tert-OH is 1. The second kappa shape index (κ2) is 5.46. The number of rotatable bonds is 5. The summed E-state index contributed by atoms with van der Waals surface area (Å²) in [4.78, 5) is 4.29. The molecular formula is C12H17N3O3. The van der Waals surface area contributed by atoms with E-state index >= 15 is 0 Å². The molecule has 1 aliphatic carbocycles. The summed E-state index contributed by atoms with van der Waals surface area (Å²) in [5.74, 6) is 0.915. The molecule has 6 nitrogen and oxygen atoms in total. The third-order valence-electron chi connectivity index (χ3n) is 3.41. The lowest BCUT2D eigenvalue weighted by Gasteiger charge is -2.22. The second-order valence-electron chi connectivity index (χ2n) is 4.64. The molecule has 2 rings (SSSR count). The fourth-order valence-electron chi connectivity index (χ4n) is 2.37. The number of aromatic nitrogens is 2. The topological polar surface area (TPSA) is 92.2 Å². The summed E-state index contributed by atoms with van der Waals surface area (Å²) >= 11 is 0. The monoisotopic (exact) mass is 251 g/mol. The molecule has 0 aliphatic heterocycles. The zero-order chi connectivity index (χ0) is 13.0. The van der Waals surface area contributed by atoms with Gasteiger partial charge in [0.2, 0.25) is 11.7 Å². The molecule has 1 unspecified atom stereocenters. The predicted octanol–water partition coefficient (Wildman–Crippen LogP) is 1.30. The molecule has 1 aliphatic rings. The Morgan fingerprint density at radius 1 is 1.56 bits per heavy atom. The van der Waals surface area contributed by atoms with Crippen molar-refractivity contribution in [3.05, 3.63) is 11.7 Å². The highest BCUT2D eigenvalue weighted by atomic mass is 16.5. The first-order valence-corrected chi connectivity index (χ1v) is 6.13. The van der Waals surface area contributed by atoms with Crippen molar-refractivity contribution in [3.8, 4) is 6.07 Å². The Balaban J connectivity index is 2.08. The fraction of sp³-hybridized carbons (Fsp3) is 0.750. The lowest BCUT2D eigenvalue weighted by Crippen LogP contribution is -2.26. The molecule has 0 saturated heterocycles. The van der Waals surface area contributed by atoms with Crippen LogP contribution >= 0.6 is 0 Å². The fourth-order valence-corrected chi connectivity index (χ4v) is 2.37. The van der Waals surface area contributed by atoms with Gasteiger partial charge in [-0.2, -0.15) is 10.2 Å². The van der Waals surface area contributed by atoms with E-state index in [0.717, 1.165) is 25.7 Å². The number of aliphatic hydroxyl groups is 1. The van der Waals surface area contributed by atoms with Crippen LogP contribution in [0.25, 0.3) is 0 Å². The summed E-state index contributed by atoms with van der Waals surface area (Å²) < 4.78 is 10.7. The molecule has 0 radical (unpaired) electrons. The van der Waals surface area contributed by atoms with Crippen LogP contribution in [0.5, 0.6) is 0 Å². The number of methoxy groups -OCH3 is 1. The van der Waals surface area contributed by atoms with Crippen LogP contribution in [-0.2, 0) is 16.8 Å². The first-order chi connectivity index (χ1) is 8.70. The van der Waals surface area contributed by atoms with E-state index < -0.39 is 11.7 Å². The normalized spacial score (nSPS) is 19.6. The molecule has 1 aromatic rings. The van der Waals surface area contributed by atoms with Gasteiger partial charge in [0.1, 0.15) is 5.60 Å². The zero-order valence-electron chi connectivity index (χ0n) is 10.4. The van der Waals surface area contributed by atoms with Gasteiger partial charge in [-0.1, -0.05) is 5.16 Å². The molecule has 1 heterocycles. The van der Waals surface area contributed by atoms with Gasteiger partial charge in [0.15, 0.2) is 0 Å². The number of nitrogens with zero attached hydrogens (tertiary/aromatic N) is 3. The van der Waals surface area contributed by atoms with Crippen LogP contribution in [0, 0.1) is 11.3 Å². The Morgan fingerprint density at radius 2 is 2.28 bits per heavy atom. The standard InChI is InChI=1S/C12H17N3O3/c1-17-12(5-2-3-6-12)11-14-10(18-15-11)8-9(16)4-7-13/h9,16H,2-6,8H2,1H3. The van der Waals surface area contributed by atoms with Gasteiger partial charge in [-0.15, -0.1) is 0 Å². The third-order valence-corrected chi connectivity index (χ3v) is 3.41. The van der Waals surface area contributed by atoms with Gasteiger partial charge in [-0.25, -0.2) is 0 Å². The summed E-state index contributed by atoms with van der Waals surface area (Å²) in [5, 5.41) is 21.9. The van der Waals surface area contributed by atoms with Crippen molar-refractivity contribution in [2.24, 2.45) is 0 Å². The quantitative estimate of drug-likeness (QED) is 0.848. The number of hydrogen-bond acceptors (Lipinski definition) is 6. The van der Waals surface area contributed by atoms with E-state index in [9.17, 15) is 5.11 Å². The number of hydrogen-bond donors (Lipinski definition) is 1. The van der Waals surface area contributed by atoms with Crippen molar-refractivity contribution in [1.29, 1.82) is 5.26 Å². The Morgan fingerprint density at radius 3 is 2.89 bits per heavy atom. The molecule has 0 spiro atoms. The summed E-state index contributed by atoms with van der Waals surface area (Å²) in [6.07, 6.45) is 3.48. The van der Waals surface area contributed by atoms with E-state index in [1.54, 1.807) is 7.11 Å². The van der Waals surface area contributed by atoms with Crippen LogP contribution in [0.4, 0.5) is 0 Å². The Hall–Kier alpha value is -1.45. The highest BCUT2D eigenvalue weighted by molar-refractivity contribution is 5.04. The Kier molecular flexibility index (Phi) is 3.94. The van der Waals surface area contributed by atoms with E-state index in [-0.39, 0.29) is 12.8 Å². The van der Waals surface area contributed by atoms with Crippen molar-refractivity contribution >= 4 is 0 Å². The molecule has 18 heavy (non-hydrogen) atoms. The molecule has 6 heteroatoms. The molecular weight excluding hydrogens is 234 g/mol. The maximum absolute atomic E-state index is 9.52. The van der Waals surface area contributed by atoms with Gasteiger partial charge < -0.3 is 14.4 Å². The Bertz CT molecular complexity index is 432. The lowest BCUT2D eigenvalue weighted by molar-refractivity contribution is -0.0178. The minimum atomic E-state index is -0.759. The van der Waals surface area contributed by atoms with Crippen LogP contribution in [0.15, 0.2) is 4.52 Å². The molecule has 1 saturated carbocycles. The molecule has 98 valence electrons. The van der Waals surface area contributed by atoms with Gasteiger partial charge in [0.25, 0.3) is 0 Å². The van der Waals surface area contributed by atoms with Crippen LogP contribution in [0.3, 0.4) is 0 Å². The van der Waals surface area contributed by atoms with E-state index in [1.807, 2.05) is 6.07 Å². The summed E-state index contributed by atoms with van der Waals surface area (Å²) in [7, 11) is 1.66. The smallest absolute Gasteiger partial charge is 0.229 e. The predicted molar refractivity (Wildman–Crippen MR) is 61.4 cm³/mol. The molecule has 1 atom stereocenters. The zero-order valence-corrected chi connectivity index (χ0v) is 10.4. The van der Waals surface area contributed by atoms with Crippen molar-refractivity contribution in [1.82, 2.24) is 10.1 Å². The SMILES string of the molecule is COC1(c2noc(CC(O)CC#N)n2)CCCC1. The van der Waals surface area contributed by atoms with Crippen LogP contribution in [0.1, 0.15) is 43.8 Å². The minimum Gasteiger partial charge on any atom is -0.392 e. The van der Waals surface area contributed by atoms with E-state index in [0.29, 0.717) is 11.7 Å². The van der Waals surface area contributed by atoms with Crippen LogP contribution in [-0.4, -0.2) is 28.5 Å². The second-order valence-corrected chi connectivity index (χ2v) is 4.64. The van der Waals surface area contributed by atoms with Gasteiger partial charge in [0, 0.05) is 7.11 Å².